The van der Waals surface area contributed by atoms with E-state index in [0.29, 0.717) is 0 Å². The highest BCUT2D eigenvalue weighted by Gasteiger charge is 2.07. The minimum absolute atomic E-state index is 0.132. The molecule has 0 radical (unpaired) electrons. The number of aromatic nitrogens is 1. The average Bonchev–Trinajstić information content (AvgIpc) is 2.93. The molecule has 0 saturated heterocycles. The second-order valence-electron chi connectivity index (χ2n) is 4.22. The van der Waals surface area contributed by atoms with Crippen molar-refractivity contribution in [1.82, 2.24) is 10.3 Å². The molecule has 1 heterocycles. The van der Waals surface area contributed by atoms with Crippen LogP contribution in [0.15, 0.2) is 35.8 Å². The number of benzene rings is 1. The summed E-state index contributed by atoms with van der Waals surface area (Å²) < 4.78 is 0. The van der Waals surface area contributed by atoms with Crippen LogP contribution in [-0.4, -0.2) is 16.5 Å². The van der Waals surface area contributed by atoms with E-state index in [4.69, 9.17) is 0 Å². The van der Waals surface area contributed by atoms with Gasteiger partial charge in [0.2, 0.25) is 0 Å². The van der Waals surface area contributed by atoms with Crippen molar-refractivity contribution in [3.63, 3.8) is 0 Å². The number of nitro benzene ring substituents is 1. The van der Waals surface area contributed by atoms with E-state index in [1.807, 2.05) is 5.38 Å². The zero-order valence-electron chi connectivity index (χ0n) is 10.6. The van der Waals surface area contributed by atoms with Gasteiger partial charge in [0.05, 0.1) is 11.0 Å². The summed E-state index contributed by atoms with van der Waals surface area (Å²) in [6.07, 6.45) is 2.64. The van der Waals surface area contributed by atoms with E-state index in [-0.39, 0.29) is 16.7 Å². The number of nitrogens with one attached hydrogen (secondary N) is 1. The Morgan fingerprint density at radius 1 is 1.42 bits per heavy atom. The summed E-state index contributed by atoms with van der Waals surface area (Å²) in [5.74, 6) is 0. The van der Waals surface area contributed by atoms with Gasteiger partial charge < -0.3 is 5.32 Å². The van der Waals surface area contributed by atoms with Gasteiger partial charge in [-0.3, -0.25) is 10.1 Å². The molecule has 1 atom stereocenters. The predicted molar refractivity (Wildman–Crippen MR) is 75.3 cm³/mol. The summed E-state index contributed by atoms with van der Waals surface area (Å²) in [4.78, 5) is 14.4. The minimum Gasteiger partial charge on any atom is -0.308 e. The molecule has 1 aromatic carbocycles. The van der Waals surface area contributed by atoms with E-state index in [2.05, 4.69) is 17.2 Å². The maximum absolute atomic E-state index is 10.5. The maximum Gasteiger partial charge on any atom is 0.269 e. The third-order valence-corrected chi connectivity index (χ3v) is 3.79. The Morgan fingerprint density at radius 3 is 2.74 bits per heavy atom. The highest BCUT2D eigenvalue weighted by Crippen LogP contribution is 2.15. The normalized spacial score (nSPS) is 12.3. The van der Waals surface area contributed by atoms with Crippen LogP contribution in [0.1, 0.15) is 23.5 Å². The fourth-order valence-corrected chi connectivity index (χ4v) is 2.42. The molecule has 0 amide bonds. The second-order valence-corrected chi connectivity index (χ2v) is 5.15. The van der Waals surface area contributed by atoms with E-state index in [1.165, 1.54) is 0 Å². The van der Waals surface area contributed by atoms with Crippen molar-refractivity contribution in [1.29, 1.82) is 0 Å². The molecule has 6 heteroatoms. The monoisotopic (exact) mass is 277 g/mol. The van der Waals surface area contributed by atoms with Gasteiger partial charge in [0.15, 0.2) is 0 Å². The Labute approximate surface area is 115 Å². The van der Waals surface area contributed by atoms with Gasteiger partial charge in [-0.25, -0.2) is 4.98 Å². The first-order valence-electron chi connectivity index (χ1n) is 6.03. The summed E-state index contributed by atoms with van der Waals surface area (Å²) in [5, 5.41) is 17.0. The van der Waals surface area contributed by atoms with Gasteiger partial charge in [-0.15, -0.1) is 11.3 Å². The molecule has 0 aliphatic carbocycles. The number of nitrogens with zero attached hydrogens (tertiary/aromatic N) is 2. The van der Waals surface area contributed by atoms with Crippen molar-refractivity contribution in [2.45, 2.75) is 19.4 Å². The van der Waals surface area contributed by atoms with Crippen LogP contribution in [-0.2, 0) is 6.42 Å². The first-order chi connectivity index (χ1) is 9.16. The third kappa shape index (κ3) is 3.84. The average molecular weight is 277 g/mol. The first-order valence-corrected chi connectivity index (χ1v) is 6.91. The van der Waals surface area contributed by atoms with E-state index in [1.54, 1.807) is 41.8 Å². The number of non-ortho nitro benzene ring substituents is 1. The van der Waals surface area contributed by atoms with Crippen molar-refractivity contribution in [3.05, 3.63) is 56.5 Å². The highest BCUT2D eigenvalue weighted by molar-refractivity contribution is 7.09. The number of hydrogen-bond donors (Lipinski definition) is 1. The van der Waals surface area contributed by atoms with E-state index in [0.717, 1.165) is 23.5 Å². The molecular weight excluding hydrogens is 262 g/mol. The maximum atomic E-state index is 10.5. The molecule has 2 aromatic rings. The number of thiazole rings is 1. The Morgan fingerprint density at radius 2 is 2.16 bits per heavy atom. The molecular formula is C13H15N3O2S. The van der Waals surface area contributed by atoms with Crippen molar-refractivity contribution >= 4 is 17.0 Å². The lowest BCUT2D eigenvalue weighted by molar-refractivity contribution is -0.384. The van der Waals surface area contributed by atoms with Crippen molar-refractivity contribution < 1.29 is 4.92 Å². The Hall–Kier alpha value is -1.79. The van der Waals surface area contributed by atoms with Crippen LogP contribution in [0.4, 0.5) is 5.69 Å². The quantitative estimate of drug-likeness (QED) is 0.651. The standard InChI is InChI=1S/C13H15N3O2S/c1-10(13-15-8-9-19-13)14-7-6-11-2-4-12(5-3-11)16(17)18/h2-5,8-10,14H,6-7H2,1H3. The lowest BCUT2D eigenvalue weighted by Crippen LogP contribution is -2.21. The highest BCUT2D eigenvalue weighted by atomic mass is 32.1. The van der Waals surface area contributed by atoms with E-state index >= 15 is 0 Å². The molecule has 1 aromatic heterocycles. The molecule has 100 valence electrons. The predicted octanol–water partition coefficient (Wildman–Crippen LogP) is 2.94. The van der Waals surface area contributed by atoms with Gasteiger partial charge >= 0.3 is 0 Å². The molecule has 0 saturated carbocycles. The Kier molecular flexibility index (Phi) is 4.59. The van der Waals surface area contributed by atoms with Crippen LogP contribution in [0.5, 0.6) is 0 Å². The van der Waals surface area contributed by atoms with Gasteiger partial charge in [0, 0.05) is 23.7 Å². The van der Waals surface area contributed by atoms with Gasteiger partial charge in [-0.2, -0.15) is 0 Å². The third-order valence-electron chi connectivity index (χ3n) is 2.83. The Balaban J connectivity index is 1.81. The molecule has 1 unspecified atom stereocenters. The molecule has 19 heavy (non-hydrogen) atoms. The molecule has 0 bridgehead atoms. The fourth-order valence-electron chi connectivity index (χ4n) is 1.75. The summed E-state index contributed by atoms with van der Waals surface area (Å²) >= 11 is 1.63. The van der Waals surface area contributed by atoms with Gasteiger partial charge in [-0.1, -0.05) is 12.1 Å². The zero-order chi connectivity index (χ0) is 13.7. The number of rotatable bonds is 6. The van der Waals surface area contributed by atoms with Crippen molar-refractivity contribution in [2.24, 2.45) is 0 Å². The summed E-state index contributed by atoms with van der Waals surface area (Å²) in [6, 6.07) is 6.92. The number of nitro groups is 1. The fraction of sp³-hybridized carbons (Fsp3) is 0.308. The largest absolute Gasteiger partial charge is 0.308 e. The summed E-state index contributed by atoms with van der Waals surface area (Å²) in [7, 11) is 0. The summed E-state index contributed by atoms with van der Waals surface area (Å²) in [5.41, 5.74) is 1.22. The molecule has 0 spiro atoms. The molecule has 1 N–H and O–H groups in total. The van der Waals surface area contributed by atoms with Crippen LogP contribution in [0.2, 0.25) is 0 Å². The van der Waals surface area contributed by atoms with Crippen LogP contribution in [0.3, 0.4) is 0 Å². The van der Waals surface area contributed by atoms with Gasteiger partial charge in [0.25, 0.3) is 5.69 Å². The molecule has 5 nitrogen and oxygen atoms in total. The molecule has 0 aliphatic rings. The smallest absolute Gasteiger partial charge is 0.269 e. The zero-order valence-corrected chi connectivity index (χ0v) is 11.4. The lowest BCUT2D eigenvalue weighted by atomic mass is 10.1. The Bertz CT molecular complexity index is 525. The molecule has 0 fully saturated rings. The van der Waals surface area contributed by atoms with Crippen LogP contribution in [0.25, 0.3) is 0 Å². The lowest BCUT2D eigenvalue weighted by Gasteiger charge is -2.10. The van der Waals surface area contributed by atoms with Crippen LogP contribution < -0.4 is 5.32 Å². The van der Waals surface area contributed by atoms with Gasteiger partial charge in [-0.05, 0) is 25.5 Å². The first kappa shape index (κ1) is 13.6. The van der Waals surface area contributed by atoms with Crippen molar-refractivity contribution in [2.75, 3.05) is 6.54 Å². The van der Waals surface area contributed by atoms with Crippen LogP contribution >= 0.6 is 11.3 Å². The SMILES string of the molecule is CC(NCCc1ccc([N+](=O)[O-])cc1)c1nccs1. The minimum atomic E-state index is -0.382. The van der Waals surface area contributed by atoms with E-state index in [9.17, 15) is 10.1 Å². The molecule has 2 rings (SSSR count). The second kappa shape index (κ2) is 6.40. The number of hydrogen-bond acceptors (Lipinski definition) is 5. The van der Waals surface area contributed by atoms with E-state index < -0.39 is 0 Å². The van der Waals surface area contributed by atoms with Crippen molar-refractivity contribution in [3.8, 4) is 0 Å². The topological polar surface area (TPSA) is 68.1 Å². The van der Waals surface area contributed by atoms with Gasteiger partial charge in [0.1, 0.15) is 5.01 Å². The van der Waals surface area contributed by atoms with Crippen LogP contribution in [0, 0.1) is 10.1 Å². The molecule has 0 aliphatic heterocycles. The summed E-state index contributed by atoms with van der Waals surface area (Å²) in [6.45, 7) is 2.90.